The van der Waals surface area contributed by atoms with Gasteiger partial charge in [0, 0.05) is 25.5 Å². The molecule has 0 spiro atoms. The highest BCUT2D eigenvalue weighted by molar-refractivity contribution is 5.92. The van der Waals surface area contributed by atoms with Crippen LogP contribution in [0.15, 0.2) is 143 Å². The zero-order chi connectivity index (χ0) is 43.1. The number of ether oxygens (including phenoxy) is 1. The van der Waals surface area contributed by atoms with Gasteiger partial charge in [-0.1, -0.05) is 115 Å². The molecule has 1 atom stereocenters. The minimum atomic E-state index is -0.173. The molecule has 8 nitrogen and oxygen atoms in total. The van der Waals surface area contributed by atoms with Crippen LogP contribution in [0.5, 0.6) is 0 Å². The Kier molecular flexibility index (Phi) is 49.8. The second-order valence-electron chi connectivity index (χ2n) is 12.0. The van der Waals surface area contributed by atoms with Gasteiger partial charge in [-0.25, -0.2) is 4.99 Å². The summed E-state index contributed by atoms with van der Waals surface area (Å²) in [7, 11) is 3.82. The van der Waals surface area contributed by atoms with Crippen molar-refractivity contribution in [1.82, 2.24) is 21.3 Å². The van der Waals surface area contributed by atoms with Crippen LogP contribution < -0.4 is 21.3 Å². The van der Waals surface area contributed by atoms with Gasteiger partial charge in [0.05, 0.1) is 23.4 Å². The molecule has 0 rings (SSSR count). The number of aliphatic hydroxyl groups is 1. The first-order valence-electron chi connectivity index (χ1n) is 19.0. The van der Waals surface area contributed by atoms with E-state index < -0.39 is 0 Å². The summed E-state index contributed by atoms with van der Waals surface area (Å²) in [5.74, 6) is 1.57. The number of hydrogen-bond acceptors (Lipinski definition) is 7. The number of nitrogens with zero attached hydrogens (tertiary/aromatic N) is 2. The predicted molar refractivity (Wildman–Crippen MR) is 253 cm³/mol. The van der Waals surface area contributed by atoms with Crippen molar-refractivity contribution < 1.29 is 9.84 Å². The summed E-state index contributed by atoms with van der Waals surface area (Å²) in [6.45, 7) is 50.8. The maximum atomic E-state index is 9.79. The highest BCUT2D eigenvalue weighted by Gasteiger charge is 2.03. The lowest BCUT2D eigenvalue weighted by Crippen LogP contribution is -2.23. The van der Waals surface area contributed by atoms with Crippen molar-refractivity contribution >= 4 is 12.1 Å². The maximum absolute atomic E-state index is 9.79. The van der Waals surface area contributed by atoms with E-state index in [1.807, 2.05) is 101 Å². The molecule has 0 aliphatic rings. The Labute approximate surface area is 341 Å². The predicted octanol–water partition coefficient (Wildman–Crippen LogP) is 12.6. The van der Waals surface area contributed by atoms with Crippen molar-refractivity contribution in [3.05, 3.63) is 133 Å². The summed E-state index contributed by atoms with van der Waals surface area (Å²) in [4.78, 5) is 7.99. The van der Waals surface area contributed by atoms with Crippen LogP contribution in [0.1, 0.15) is 117 Å². The summed E-state index contributed by atoms with van der Waals surface area (Å²) < 4.78 is 5.37. The van der Waals surface area contributed by atoms with Gasteiger partial charge in [-0.05, 0) is 105 Å². The normalized spacial score (nSPS) is 11.9. The molecule has 8 heteroatoms. The molecular weight excluding hydrogens is 681 g/mol. The highest BCUT2D eigenvalue weighted by Crippen LogP contribution is 2.14. The van der Waals surface area contributed by atoms with Gasteiger partial charge in [0.2, 0.25) is 5.88 Å². The molecule has 0 amide bonds. The largest absolute Gasteiger partial charge is 0.492 e. The van der Waals surface area contributed by atoms with E-state index in [0.717, 1.165) is 60.8 Å². The van der Waals surface area contributed by atoms with Crippen molar-refractivity contribution in [3.8, 4) is 0 Å². The lowest BCUT2D eigenvalue weighted by molar-refractivity contribution is 0.233. The van der Waals surface area contributed by atoms with Crippen molar-refractivity contribution in [1.29, 1.82) is 0 Å². The molecule has 0 aliphatic heterocycles. The van der Waals surface area contributed by atoms with Gasteiger partial charge in [-0.2, -0.15) is 4.99 Å². The van der Waals surface area contributed by atoms with Crippen molar-refractivity contribution in [2.45, 2.75) is 117 Å². The van der Waals surface area contributed by atoms with E-state index in [0.29, 0.717) is 18.4 Å². The number of allylic oxidation sites excluding steroid dienone is 9. The van der Waals surface area contributed by atoms with Crippen LogP contribution in [0, 0.1) is 5.92 Å². The molecule has 55 heavy (non-hydrogen) atoms. The standard InChI is InChI=1S/C18H28N4O.C15H25N.C9H17NO.2C2H6.CH4/c1-8-14(5)11-19-15(6)17(9-2)21-12-18(23)22-16(7)20-10-13(3)4;1-6-8-15(11-12-16-5)10-9-14(4)13(3)7-2;1-7(2)9(4)11-6-8(3)10-5;2*1-2;/h8-10,12,14,19,21,23H,1,3,6,11H2,2,4-5,7H3;6-7,10,16H,1-2,8-9,11-12H2,3-5H3;10H,3,6H2,1-2,4-5H3;2*1-2H3;1H4/b17-9-,18-12+,20-10?,22-16+;14-13+,15-10+;;;;. The summed E-state index contributed by atoms with van der Waals surface area (Å²) in [5.41, 5.74) is 8.52. The molecule has 0 aliphatic carbocycles. The zero-order valence-corrected chi connectivity index (χ0v) is 37.4. The van der Waals surface area contributed by atoms with Gasteiger partial charge in [-0.3, -0.25) is 0 Å². The van der Waals surface area contributed by atoms with Crippen molar-refractivity contribution in [2.75, 3.05) is 33.8 Å². The van der Waals surface area contributed by atoms with Crippen LogP contribution in [-0.2, 0) is 4.74 Å². The molecule has 5 N–H and O–H groups in total. The highest BCUT2D eigenvalue weighted by atomic mass is 16.5. The van der Waals surface area contributed by atoms with Gasteiger partial charge in [-0.15, -0.1) is 13.2 Å². The van der Waals surface area contributed by atoms with Crippen LogP contribution >= 0.6 is 0 Å². The average molecular weight is 767 g/mol. The molecular formula is C47H86N6O2. The lowest BCUT2D eigenvalue weighted by atomic mass is 10.0. The first kappa shape index (κ1) is 62.4. The minimum absolute atomic E-state index is 0. The minimum Gasteiger partial charge on any atom is -0.492 e. The number of likely N-dealkylation sites (N-methyl/N-ethyl adjacent to an activating group) is 1. The Morgan fingerprint density at radius 2 is 1.49 bits per heavy atom. The van der Waals surface area contributed by atoms with Crippen LogP contribution in [0.2, 0.25) is 0 Å². The Balaban J connectivity index is -0.000000164. The van der Waals surface area contributed by atoms with E-state index in [1.54, 1.807) is 13.1 Å². The third-order valence-corrected chi connectivity index (χ3v) is 7.06. The third kappa shape index (κ3) is 42.0. The fourth-order valence-electron chi connectivity index (χ4n) is 3.18. The van der Waals surface area contributed by atoms with E-state index in [-0.39, 0.29) is 13.3 Å². The number of amidine groups is 1. The van der Waals surface area contributed by atoms with E-state index >= 15 is 0 Å². The molecule has 0 aromatic carbocycles. The monoisotopic (exact) mass is 767 g/mol. The molecule has 0 saturated carbocycles. The molecule has 0 aromatic rings. The quantitative estimate of drug-likeness (QED) is 0.0262. The smallest absolute Gasteiger partial charge is 0.229 e. The summed E-state index contributed by atoms with van der Waals surface area (Å²) in [6, 6.07) is 0. The van der Waals surface area contributed by atoms with E-state index in [1.165, 1.54) is 28.5 Å². The van der Waals surface area contributed by atoms with Crippen molar-refractivity contribution in [2.24, 2.45) is 15.9 Å². The molecule has 1 unspecified atom stereocenters. The Bertz CT molecular complexity index is 1300. The zero-order valence-electron chi connectivity index (χ0n) is 37.4. The van der Waals surface area contributed by atoms with Gasteiger partial charge in [0.15, 0.2) is 0 Å². The van der Waals surface area contributed by atoms with Crippen LogP contribution in [0.25, 0.3) is 0 Å². The number of nitrogens with one attached hydrogen (secondary N) is 4. The van der Waals surface area contributed by atoms with E-state index in [4.69, 9.17) is 4.74 Å². The number of aliphatic hydroxyl groups excluding tert-OH is 1. The van der Waals surface area contributed by atoms with Gasteiger partial charge < -0.3 is 31.1 Å². The van der Waals surface area contributed by atoms with Crippen LogP contribution in [0.3, 0.4) is 0 Å². The van der Waals surface area contributed by atoms with E-state index in [9.17, 15) is 5.11 Å². The molecule has 0 bridgehead atoms. The first-order chi connectivity index (χ1) is 25.5. The molecule has 0 radical (unpaired) electrons. The molecule has 0 aromatic heterocycles. The van der Waals surface area contributed by atoms with E-state index in [2.05, 4.69) is 97.6 Å². The fraction of sp³-hybridized carbons (Fsp3) is 0.489. The number of hydrogen-bond donors (Lipinski definition) is 5. The third-order valence-electron chi connectivity index (χ3n) is 7.06. The second kappa shape index (κ2) is 43.8. The van der Waals surface area contributed by atoms with Crippen LogP contribution in [-0.4, -0.2) is 50.9 Å². The maximum Gasteiger partial charge on any atom is 0.229 e. The Morgan fingerprint density at radius 1 is 0.909 bits per heavy atom. The Hall–Kier alpha value is -4.56. The average Bonchev–Trinajstić information content (AvgIpc) is 3.17. The van der Waals surface area contributed by atoms with Gasteiger partial charge in [0.25, 0.3) is 0 Å². The van der Waals surface area contributed by atoms with Crippen molar-refractivity contribution in [3.63, 3.8) is 0 Å². The molecule has 0 heterocycles. The SMILES string of the molecule is C.C=C(COC(C)=C(C)C)NC.C=CC(C)CNC(=C)/C(=C/C)N/C=C(O)\N=C(/C)N=CC(=C)C.C=CC/C(=C\C/C(C)=C(\C)C=C)CCNC.CC.CC. The molecule has 0 fully saturated rings. The molecule has 0 saturated heterocycles. The van der Waals surface area contributed by atoms with Gasteiger partial charge in [0.1, 0.15) is 12.4 Å². The summed E-state index contributed by atoms with van der Waals surface area (Å²) in [6.07, 6.45) is 16.0. The summed E-state index contributed by atoms with van der Waals surface area (Å²) >= 11 is 0. The first-order valence-corrected chi connectivity index (χ1v) is 19.0. The van der Waals surface area contributed by atoms with Crippen LogP contribution in [0.4, 0.5) is 0 Å². The second-order valence-corrected chi connectivity index (χ2v) is 12.0. The topological polar surface area (TPSA) is 102 Å². The van der Waals surface area contributed by atoms with Gasteiger partial charge >= 0.3 is 0 Å². The Morgan fingerprint density at radius 3 is 1.93 bits per heavy atom. The summed E-state index contributed by atoms with van der Waals surface area (Å²) in [5, 5.41) is 22.1. The number of aliphatic imine (C=N–C) groups is 2. The lowest BCUT2D eigenvalue weighted by Gasteiger charge is -2.15. The molecule has 316 valence electrons. The fourth-order valence-corrected chi connectivity index (χ4v) is 3.18. The number of rotatable bonds is 21.